The highest BCUT2D eigenvalue weighted by molar-refractivity contribution is 5.91. The summed E-state index contributed by atoms with van der Waals surface area (Å²) in [5.74, 6) is 1.66. The molecule has 0 saturated heterocycles. The van der Waals surface area contributed by atoms with Gasteiger partial charge in [0.25, 0.3) is 0 Å². The highest BCUT2D eigenvalue weighted by atomic mass is 16.6. The summed E-state index contributed by atoms with van der Waals surface area (Å²) in [5, 5.41) is 0.918. The molecule has 0 aliphatic carbocycles. The Labute approximate surface area is 200 Å². The number of carbonyl (C=O) groups is 1. The van der Waals surface area contributed by atoms with Gasteiger partial charge in [0, 0.05) is 29.9 Å². The number of hydrogen-bond acceptors (Lipinski definition) is 5. The number of benzene rings is 2. The number of para-hydroxylation sites is 1. The summed E-state index contributed by atoms with van der Waals surface area (Å²) in [6, 6.07) is 15.6. The van der Waals surface area contributed by atoms with E-state index in [0.29, 0.717) is 18.4 Å². The van der Waals surface area contributed by atoms with Crippen molar-refractivity contribution in [2.75, 3.05) is 18.6 Å². The lowest BCUT2D eigenvalue weighted by Crippen LogP contribution is -2.36. The van der Waals surface area contributed by atoms with E-state index in [-0.39, 0.29) is 12.1 Å². The lowest BCUT2D eigenvalue weighted by Gasteiger charge is -2.33. The molecule has 0 N–H and O–H groups in total. The molecule has 6 heteroatoms. The Hall–Kier alpha value is -3.41. The third-order valence-corrected chi connectivity index (χ3v) is 7.26. The van der Waals surface area contributed by atoms with Gasteiger partial charge in [0.05, 0.1) is 24.4 Å². The molecule has 1 unspecified atom stereocenters. The van der Waals surface area contributed by atoms with Crippen LogP contribution in [0.5, 0.6) is 5.75 Å². The van der Waals surface area contributed by atoms with Gasteiger partial charge >= 0.3 is 6.09 Å². The average molecular weight is 458 g/mol. The van der Waals surface area contributed by atoms with Crippen LogP contribution < -0.4 is 9.64 Å². The second-order valence-corrected chi connectivity index (χ2v) is 9.27. The minimum atomic E-state index is -0.519. The summed E-state index contributed by atoms with van der Waals surface area (Å²) in [7, 11) is 1.65. The summed E-state index contributed by atoms with van der Waals surface area (Å²) in [5.41, 5.74) is 3.85. The molecule has 34 heavy (non-hydrogen) atoms. The molecule has 3 aromatic rings. The second kappa shape index (κ2) is 9.45. The fourth-order valence-electron chi connectivity index (χ4n) is 5.27. The normalized spacial score (nSPS) is 22.4. The molecule has 4 atom stereocenters. The highest BCUT2D eigenvalue weighted by Crippen LogP contribution is 2.38. The third-order valence-electron chi connectivity index (χ3n) is 7.26. The molecule has 6 nitrogen and oxygen atoms in total. The number of aliphatic imine (C=N–C) groups is 1. The van der Waals surface area contributed by atoms with Gasteiger partial charge < -0.3 is 9.47 Å². The molecule has 0 fully saturated rings. The molecular weight excluding hydrogens is 426 g/mol. The van der Waals surface area contributed by atoms with E-state index in [2.05, 4.69) is 31.1 Å². The monoisotopic (exact) mass is 457 g/mol. The summed E-state index contributed by atoms with van der Waals surface area (Å²) >= 11 is 0. The molecule has 0 saturated carbocycles. The van der Waals surface area contributed by atoms with Crippen LogP contribution in [0.3, 0.4) is 0 Å². The molecule has 2 aliphatic heterocycles. The first-order valence-electron chi connectivity index (χ1n) is 12.1. The van der Waals surface area contributed by atoms with Gasteiger partial charge in [0.2, 0.25) is 0 Å². The van der Waals surface area contributed by atoms with Gasteiger partial charge in [-0.3, -0.25) is 14.9 Å². The number of aromatic nitrogens is 1. The minimum absolute atomic E-state index is 0.156. The highest BCUT2D eigenvalue weighted by Gasteiger charge is 2.36. The van der Waals surface area contributed by atoms with E-state index in [1.165, 1.54) is 5.56 Å². The zero-order chi connectivity index (χ0) is 23.7. The van der Waals surface area contributed by atoms with Crippen molar-refractivity contribution in [3.05, 3.63) is 65.9 Å². The second-order valence-electron chi connectivity index (χ2n) is 9.27. The summed E-state index contributed by atoms with van der Waals surface area (Å²) in [6.45, 7) is 5.08. The fourth-order valence-corrected chi connectivity index (χ4v) is 5.27. The van der Waals surface area contributed by atoms with Gasteiger partial charge in [-0.25, -0.2) is 4.79 Å². The van der Waals surface area contributed by atoms with E-state index >= 15 is 0 Å². The van der Waals surface area contributed by atoms with E-state index in [9.17, 15) is 4.79 Å². The molecular formula is C28H31N3O3. The number of ether oxygens (including phenoxy) is 2. The van der Waals surface area contributed by atoms with Crippen LogP contribution in [0.1, 0.15) is 43.9 Å². The molecule has 2 aliphatic rings. The van der Waals surface area contributed by atoms with Crippen LogP contribution in [0.25, 0.3) is 10.9 Å². The Morgan fingerprint density at radius 3 is 2.85 bits per heavy atom. The van der Waals surface area contributed by atoms with Crippen LogP contribution >= 0.6 is 0 Å². The van der Waals surface area contributed by atoms with Gasteiger partial charge in [-0.1, -0.05) is 32.0 Å². The smallest absolute Gasteiger partial charge is 0.414 e. The van der Waals surface area contributed by atoms with E-state index in [1.807, 2.05) is 42.5 Å². The van der Waals surface area contributed by atoms with Gasteiger partial charge in [-0.05, 0) is 67.0 Å². The third kappa shape index (κ3) is 4.13. The first kappa shape index (κ1) is 22.4. The molecule has 0 bridgehead atoms. The molecule has 2 aromatic carbocycles. The largest absolute Gasteiger partial charge is 0.497 e. The average Bonchev–Trinajstić information content (AvgIpc) is 3.31. The number of carbonyl (C=O) groups excluding carboxylic acids is 1. The maximum atomic E-state index is 13.5. The van der Waals surface area contributed by atoms with Crippen molar-refractivity contribution in [1.29, 1.82) is 0 Å². The zero-order valence-corrected chi connectivity index (χ0v) is 20.0. The number of nitrogens with zero attached hydrogens (tertiary/aromatic N) is 3. The van der Waals surface area contributed by atoms with E-state index in [1.54, 1.807) is 18.2 Å². The predicted molar refractivity (Wildman–Crippen MR) is 135 cm³/mol. The lowest BCUT2D eigenvalue weighted by molar-refractivity contribution is 0.0805. The Kier molecular flexibility index (Phi) is 6.22. The Balaban J connectivity index is 1.54. The number of fused-ring (bicyclic) bond motifs is 2. The van der Waals surface area contributed by atoms with Crippen LogP contribution in [0, 0.1) is 11.8 Å². The first-order chi connectivity index (χ1) is 16.6. The van der Waals surface area contributed by atoms with Gasteiger partial charge in [-0.15, -0.1) is 0 Å². The standard InChI is InChI=1S/C28H31N3O3/c1-4-19-17-30-25(15-18(19)2)27(22-11-13-29-24-10-9-21(33-3)16-23(22)24)34-28(32)31-14-12-20-7-5-6-8-26(20)31/h5-11,13,16-19,25,27H,4,12,14-15H2,1-3H3/t18-,19?,25+,27-/m0/s1. The summed E-state index contributed by atoms with van der Waals surface area (Å²) < 4.78 is 11.8. The van der Waals surface area contributed by atoms with Gasteiger partial charge in [-0.2, -0.15) is 0 Å². The summed E-state index contributed by atoms with van der Waals surface area (Å²) in [6.07, 6.45) is 5.74. The van der Waals surface area contributed by atoms with Crippen LogP contribution in [-0.2, 0) is 11.2 Å². The Morgan fingerprint density at radius 2 is 2.06 bits per heavy atom. The van der Waals surface area contributed by atoms with Crippen molar-refractivity contribution in [2.24, 2.45) is 16.8 Å². The zero-order valence-electron chi connectivity index (χ0n) is 20.0. The minimum Gasteiger partial charge on any atom is -0.497 e. The SMILES string of the molecule is CCC1C=N[C@@H]([C@@H](OC(=O)N2CCc3ccccc32)c2ccnc3ccc(OC)cc23)C[C@@H]1C. The van der Waals surface area contributed by atoms with Crippen LogP contribution in [0.2, 0.25) is 0 Å². The molecule has 1 aromatic heterocycles. The molecule has 3 heterocycles. The Bertz CT molecular complexity index is 1220. The molecule has 5 rings (SSSR count). The van der Waals surface area contributed by atoms with Crippen molar-refractivity contribution < 1.29 is 14.3 Å². The van der Waals surface area contributed by atoms with Crippen molar-refractivity contribution in [3.63, 3.8) is 0 Å². The molecule has 176 valence electrons. The maximum absolute atomic E-state index is 13.5. The van der Waals surface area contributed by atoms with Crippen molar-refractivity contribution in [3.8, 4) is 5.75 Å². The van der Waals surface area contributed by atoms with E-state index in [0.717, 1.165) is 47.2 Å². The van der Waals surface area contributed by atoms with Crippen molar-refractivity contribution in [1.82, 2.24) is 4.98 Å². The number of amides is 1. The molecule has 0 spiro atoms. The van der Waals surface area contributed by atoms with Crippen LogP contribution in [0.15, 0.2) is 59.7 Å². The fraction of sp³-hybridized carbons (Fsp3) is 0.393. The van der Waals surface area contributed by atoms with Gasteiger partial charge in [0.1, 0.15) is 5.75 Å². The predicted octanol–water partition coefficient (Wildman–Crippen LogP) is 5.99. The number of anilines is 1. The van der Waals surface area contributed by atoms with Crippen LogP contribution in [-0.4, -0.2) is 37.0 Å². The van der Waals surface area contributed by atoms with Crippen molar-refractivity contribution >= 4 is 28.9 Å². The van der Waals surface area contributed by atoms with Crippen LogP contribution in [0.4, 0.5) is 10.5 Å². The lowest BCUT2D eigenvalue weighted by atomic mass is 9.82. The molecule has 1 amide bonds. The van der Waals surface area contributed by atoms with E-state index < -0.39 is 6.10 Å². The number of rotatable bonds is 5. The number of pyridine rings is 1. The van der Waals surface area contributed by atoms with Crippen molar-refractivity contribution in [2.45, 2.75) is 45.3 Å². The maximum Gasteiger partial charge on any atom is 0.414 e. The number of hydrogen-bond donors (Lipinski definition) is 0. The quantitative estimate of drug-likeness (QED) is 0.472. The Morgan fingerprint density at radius 1 is 1.21 bits per heavy atom. The molecule has 0 radical (unpaired) electrons. The number of methoxy groups -OCH3 is 1. The van der Waals surface area contributed by atoms with Gasteiger partial charge in [0.15, 0.2) is 6.10 Å². The first-order valence-corrected chi connectivity index (χ1v) is 12.1. The summed E-state index contributed by atoms with van der Waals surface area (Å²) in [4.78, 5) is 24.7. The van der Waals surface area contributed by atoms with E-state index in [4.69, 9.17) is 14.5 Å². The topological polar surface area (TPSA) is 64.0 Å².